The van der Waals surface area contributed by atoms with E-state index in [1.165, 1.54) is 19.2 Å². The van der Waals surface area contributed by atoms with Crippen LogP contribution in [-0.4, -0.2) is 42.2 Å². The van der Waals surface area contributed by atoms with Crippen molar-refractivity contribution in [2.45, 2.75) is 13.8 Å². The second-order valence-electron chi connectivity index (χ2n) is 3.56. The minimum atomic E-state index is -1.17. The minimum absolute atomic E-state index is 0.000648. The highest BCUT2D eigenvalue weighted by atomic mass is 16.5. The van der Waals surface area contributed by atoms with Crippen LogP contribution in [0.3, 0.4) is 0 Å². The van der Waals surface area contributed by atoms with Crippen LogP contribution in [0.1, 0.15) is 34.8 Å². The van der Waals surface area contributed by atoms with Crippen LogP contribution in [0.25, 0.3) is 0 Å². The van der Waals surface area contributed by atoms with Crippen LogP contribution >= 0.6 is 0 Å². The van der Waals surface area contributed by atoms with Gasteiger partial charge in [-0.15, -0.1) is 0 Å². The van der Waals surface area contributed by atoms with Crippen LogP contribution in [0.5, 0.6) is 0 Å². The van der Waals surface area contributed by atoms with Gasteiger partial charge < -0.3 is 14.7 Å². The van der Waals surface area contributed by atoms with Gasteiger partial charge in [0.2, 0.25) is 0 Å². The number of aromatic carboxylic acids is 1. The van der Waals surface area contributed by atoms with Crippen LogP contribution in [0.4, 0.5) is 5.69 Å². The predicted octanol–water partition coefficient (Wildman–Crippen LogP) is 1.41. The Hall–Kier alpha value is -2.11. The zero-order valence-electron chi connectivity index (χ0n) is 10.6. The maximum Gasteiger partial charge on any atom is 0.356 e. The number of esters is 1. The second kappa shape index (κ2) is 6.00. The van der Waals surface area contributed by atoms with Crippen LogP contribution in [0.2, 0.25) is 0 Å². The molecule has 1 rings (SSSR count). The number of carbonyl (C=O) groups excluding carboxylic acids is 1. The molecule has 0 aliphatic heterocycles. The number of pyridine rings is 1. The van der Waals surface area contributed by atoms with Gasteiger partial charge in [0, 0.05) is 18.8 Å². The number of rotatable bonds is 5. The Bertz CT molecular complexity index is 455. The fraction of sp³-hybridized carbons (Fsp3) is 0.417. The number of nitrogens with zero attached hydrogens (tertiary/aromatic N) is 2. The molecule has 6 nitrogen and oxygen atoms in total. The summed E-state index contributed by atoms with van der Waals surface area (Å²) < 4.78 is 4.56. The Labute approximate surface area is 105 Å². The molecule has 0 saturated carbocycles. The van der Waals surface area contributed by atoms with Gasteiger partial charge >= 0.3 is 11.9 Å². The first-order valence-corrected chi connectivity index (χ1v) is 5.62. The Balaban J connectivity index is 3.30. The molecule has 0 aliphatic carbocycles. The van der Waals surface area contributed by atoms with E-state index in [-0.39, 0.29) is 11.4 Å². The molecule has 0 amide bonds. The van der Waals surface area contributed by atoms with E-state index in [4.69, 9.17) is 5.11 Å². The van der Waals surface area contributed by atoms with Gasteiger partial charge in [-0.1, -0.05) is 0 Å². The summed E-state index contributed by atoms with van der Waals surface area (Å²) in [5.41, 5.74) is 0.479. The van der Waals surface area contributed by atoms with E-state index in [1.807, 2.05) is 18.7 Å². The van der Waals surface area contributed by atoms with E-state index >= 15 is 0 Å². The maximum atomic E-state index is 11.4. The van der Waals surface area contributed by atoms with Crippen molar-refractivity contribution < 1.29 is 19.4 Å². The van der Waals surface area contributed by atoms with Crippen LogP contribution in [0.15, 0.2) is 12.1 Å². The van der Waals surface area contributed by atoms with E-state index in [0.717, 1.165) is 0 Å². The fourth-order valence-electron chi connectivity index (χ4n) is 1.61. The van der Waals surface area contributed by atoms with Crippen molar-refractivity contribution >= 4 is 17.6 Å². The number of hydrogen-bond donors (Lipinski definition) is 1. The minimum Gasteiger partial charge on any atom is -0.477 e. The number of carboxylic acid groups (broad SMARTS) is 1. The summed E-state index contributed by atoms with van der Waals surface area (Å²) >= 11 is 0. The molecular formula is C12H16N2O4. The van der Waals surface area contributed by atoms with E-state index in [9.17, 15) is 9.59 Å². The zero-order chi connectivity index (χ0) is 13.7. The van der Waals surface area contributed by atoms with E-state index < -0.39 is 11.9 Å². The van der Waals surface area contributed by atoms with E-state index in [0.29, 0.717) is 18.8 Å². The Morgan fingerprint density at radius 3 is 2.28 bits per heavy atom. The molecule has 0 bridgehead atoms. The van der Waals surface area contributed by atoms with E-state index in [2.05, 4.69) is 9.72 Å². The smallest absolute Gasteiger partial charge is 0.356 e. The quantitative estimate of drug-likeness (QED) is 0.798. The Morgan fingerprint density at radius 1 is 1.28 bits per heavy atom. The lowest BCUT2D eigenvalue weighted by molar-refractivity contribution is 0.0593. The number of hydrogen-bond acceptors (Lipinski definition) is 5. The number of anilines is 1. The molecule has 0 spiro atoms. The molecule has 1 N–H and O–H groups in total. The SMILES string of the molecule is CCN(CC)c1cc(C(=O)O)nc(C(=O)OC)c1. The van der Waals surface area contributed by atoms with Crippen molar-refractivity contribution in [2.24, 2.45) is 0 Å². The third-order valence-electron chi connectivity index (χ3n) is 2.55. The lowest BCUT2D eigenvalue weighted by Gasteiger charge is -2.21. The summed E-state index contributed by atoms with van der Waals surface area (Å²) in [6, 6.07) is 2.98. The number of methoxy groups -OCH3 is 1. The molecule has 0 unspecified atom stereocenters. The number of aromatic nitrogens is 1. The number of ether oxygens (including phenoxy) is 1. The molecule has 0 saturated heterocycles. The average molecular weight is 252 g/mol. The molecule has 0 atom stereocenters. The van der Waals surface area contributed by atoms with Crippen molar-refractivity contribution in [2.75, 3.05) is 25.1 Å². The molecule has 0 radical (unpaired) electrons. The monoisotopic (exact) mass is 252 g/mol. The first-order valence-electron chi connectivity index (χ1n) is 5.62. The fourth-order valence-corrected chi connectivity index (χ4v) is 1.61. The van der Waals surface area contributed by atoms with Gasteiger partial charge in [0.05, 0.1) is 7.11 Å². The third-order valence-corrected chi connectivity index (χ3v) is 2.55. The van der Waals surface area contributed by atoms with Gasteiger partial charge in [-0.05, 0) is 26.0 Å². The van der Waals surface area contributed by atoms with Gasteiger partial charge in [0.1, 0.15) is 0 Å². The molecule has 0 aromatic carbocycles. The molecule has 1 aromatic rings. The summed E-state index contributed by atoms with van der Waals surface area (Å²) in [5.74, 6) is -1.82. The van der Waals surface area contributed by atoms with Gasteiger partial charge in [-0.3, -0.25) is 0 Å². The summed E-state index contributed by atoms with van der Waals surface area (Å²) in [6.45, 7) is 5.31. The summed E-state index contributed by atoms with van der Waals surface area (Å²) in [4.78, 5) is 28.1. The van der Waals surface area contributed by atoms with Crippen molar-refractivity contribution in [1.29, 1.82) is 0 Å². The van der Waals surface area contributed by atoms with Crippen molar-refractivity contribution in [1.82, 2.24) is 4.98 Å². The Morgan fingerprint density at radius 2 is 1.83 bits per heavy atom. The van der Waals surface area contributed by atoms with Gasteiger partial charge in [-0.2, -0.15) is 0 Å². The molecular weight excluding hydrogens is 236 g/mol. The number of carbonyl (C=O) groups is 2. The molecule has 18 heavy (non-hydrogen) atoms. The second-order valence-corrected chi connectivity index (χ2v) is 3.56. The molecule has 98 valence electrons. The van der Waals surface area contributed by atoms with Gasteiger partial charge in [-0.25, -0.2) is 14.6 Å². The highest BCUT2D eigenvalue weighted by molar-refractivity contribution is 5.92. The predicted molar refractivity (Wildman–Crippen MR) is 66.1 cm³/mol. The zero-order valence-corrected chi connectivity index (χ0v) is 10.6. The first-order chi connectivity index (χ1) is 8.53. The summed E-state index contributed by atoms with van der Waals surface area (Å²) in [7, 11) is 1.23. The van der Waals surface area contributed by atoms with Crippen molar-refractivity contribution in [3.8, 4) is 0 Å². The van der Waals surface area contributed by atoms with E-state index in [1.54, 1.807) is 0 Å². The summed E-state index contributed by atoms with van der Waals surface area (Å²) in [6.07, 6.45) is 0. The highest BCUT2D eigenvalue weighted by Gasteiger charge is 2.16. The maximum absolute atomic E-state index is 11.4. The van der Waals surface area contributed by atoms with Crippen molar-refractivity contribution in [3.63, 3.8) is 0 Å². The molecule has 0 aliphatic rings. The van der Waals surface area contributed by atoms with Crippen LogP contribution in [0, 0.1) is 0 Å². The molecule has 0 fully saturated rings. The lowest BCUT2D eigenvalue weighted by Crippen LogP contribution is -2.23. The van der Waals surface area contributed by atoms with Crippen LogP contribution in [-0.2, 0) is 4.74 Å². The third kappa shape index (κ3) is 2.97. The number of carboxylic acids is 1. The molecule has 6 heteroatoms. The van der Waals surface area contributed by atoms with Gasteiger partial charge in [0.15, 0.2) is 11.4 Å². The Kier molecular flexibility index (Phi) is 4.65. The standard InChI is InChI=1S/C12H16N2O4/c1-4-14(5-2)8-6-9(11(15)16)13-10(7-8)12(17)18-3/h6-7H,4-5H2,1-3H3,(H,15,16). The van der Waals surface area contributed by atoms with Crippen molar-refractivity contribution in [3.05, 3.63) is 23.5 Å². The van der Waals surface area contributed by atoms with Gasteiger partial charge in [0.25, 0.3) is 0 Å². The normalized spacial score (nSPS) is 9.94. The molecule has 1 heterocycles. The molecule has 1 aromatic heterocycles. The van der Waals surface area contributed by atoms with Crippen LogP contribution < -0.4 is 4.90 Å². The first kappa shape index (κ1) is 14.0. The average Bonchev–Trinajstić information content (AvgIpc) is 2.38. The topological polar surface area (TPSA) is 79.7 Å². The summed E-state index contributed by atoms with van der Waals surface area (Å²) in [5, 5.41) is 8.98. The largest absolute Gasteiger partial charge is 0.477 e. The highest BCUT2D eigenvalue weighted by Crippen LogP contribution is 2.17. The lowest BCUT2D eigenvalue weighted by atomic mass is 10.2.